The lowest BCUT2D eigenvalue weighted by Crippen LogP contribution is -2.14. The molecule has 2 N–H and O–H groups in total. The lowest BCUT2D eigenvalue weighted by Gasteiger charge is -2.09. The number of hydrogen-bond donors (Lipinski definition) is 1. The molecule has 0 unspecified atom stereocenters. The number of aryl methyl sites for hydroxylation is 1. The number of methoxy groups -OCH3 is 1. The minimum Gasteiger partial charge on any atom is -0.465 e. The van der Waals surface area contributed by atoms with E-state index in [9.17, 15) is 9.18 Å². The van der Waals surface area contributed by atoms with Gasteiger partial charge in [-0.2, -0.15) is 0 Å². The van der Waals surface area contributed by atoms with Crippen LogP contribution in [-0.4, -0.2) is 23.0 Å². The number of carbonyl (C=O) groups excluding carboxylic acids is 1. The standard InChI is InChI=1S/C14H13ClFN3O2/c1-7-11(14(20)21-2)13(17)19-10(18-7)6-8-4-3-5-9(15)12(8)16/h3-5H,6H2,1-2H3,(H2,17,18,19). The van der Waals surface area contributed by atoms with E-state index in [0.29, 0.717) is 17.1 Å². The van der Waals surface area contributed by atoms with Crippen molar-refractivity contribution in [1.29, 1.82) is 0 Å². The number of nitrogens with two attached hydrogens (primary N) is 1. The number of halogens is 2. The molecule has 0 radical (unpaired) electrons. The monoisotopic (exact) mass is 309 g/mol. The molecule has 0 amide bonds. The minimum absolute atomic E-state index is 0.00628. The van der Waals surface area contributed by atoms with Crippen molar-refractivity contribution in [3.05, 3.63) is 51.7 Å². The maximum atomic E-state index is 13.9. The average Bonchev–Trinajstić information content (AvgIpc) is 2.43. The summed E-state index contributed by atoms with van der Waals surface area (Å²) in [5.74, 6) is -0.813. The first-order valence-electron chi connectivity index (χ1n) is 6.08. The summed E-state index contributed by atoms with van der Waals surface area (Å²) in [6.45, 7) is 1.61. The van der Waals surface area contributed by atoms with Crippen LogP contribution in [0.3, 0.4) is 0 Å². The van der Waals surface area contributed by atoms with Crippen molar-refractivity contribution in [2.24, 2.45) is 0 Å². The largest absolute Gasteiger partial charge is 0.465 e. The smallest absolute Gasteiger partial charge is 0.343 e. The van der Waals surface area contributed by atoms with Crippen LogP contribution in [0.1, 0.15) is 27.4 Å². The van der Waals surface area contributed by atoms with Gasteiger partial charge in [-0.3, -0.25) is 0 Å². The Bertz CT molecular complexity index is 684. The van der Waals surface area contributed by atoms with E-state index in [2.05, 4.69) is 14.7 Å². The van der Waals surface area contributed by atoms with E-state index in [4.69, 9.17) is 17.3 Å². The molecule has 2 rings (SSSR count). The van der Waals surface area contributed by atoms with Crippen molar-refractivity contribution in [2.45, 2.75) is 13.3 Å². The van der Waals surface area contributed by atoms with Gasteiger partial charge in [0.2, 0.25) is 0 Å². The molecule has 0 aliphatic heterocycles. The zero-order chi connectivity index (χ0) is 15.6. The molecule has 0 saturated heterocycles. The first kappa shape index (κ1) is 15.2. The third-order valence-corrected chi connectivity index (χ3v) is 3.23. The van der Waals surface area contributed by atoms with Crippen molar-refractivity contribution >= 4 is 23.4 Å². The van der Waals surface area contributed by atoms with Crippen LogP contribution in [0.5, 0.6) is 0 Å². The molecule has 1 heterocycles. The van der Waals surface area contributed by atoms with Crippen LogP contribution in [-0.2, 0) is 11.2 Å². The van der Waals surface area contributed by atoms with Crippen LogP contribution >= 0.6 is 11.6 Å². The number of hydrogen-bond acceptors (Lipinski definition) is 5. The van der Waals surface area contributed by atoms with E-state index in [-0.39, 0.29) is 22.8 Å². The van der Waals surface area contributed by atoms with E-state index >= 15 is 0 Å². The zero-order valence-corrected chi connectivity index (χ0v) is 12.2. The van der Waals surface area contributed by atoms with Gasteiger partial charge in [-0.05, 0) is 18.6 Å². The Labute approximate surface area is 125 Å². The molecule has 5 nitrogen and oxygen atoms in total. The zero-order valence-electron chi connectivity index (χ0n) is 11.5. The van der Waals surface area contributed by atoms with Crippen LogP contribution in [0.15, 0.2) is 18.2 Å². The van der Waals surface area contributed by atoms with Crippen molar-refractivity contribution in [3.63, 3.8) is 0 Å². The third-order valence-electron chi connectivity index (χ3n) is 2.93. The lowest BCUT2D eigenvalue weighted by atomic mass is 10.1. The number of aromatic nitrogens is 2. The molecule has 1 aromatic heterocycles. The molecule has 0 fully saturated rings. The molecular formula is C14H13ClFN3O2. The molecule has 21 heavy (non-hydrogen) atoms. The van der Waals surface area contributed by atoms with Crippen LogP contribution < -0.4 is 5.73 Å². The summed E-state index contributed by atoms with van der Waals surface area (Å²) in [6.07, 6.45) is 0.124. The number of nitrogens with zero attached hydrogens (tertiary/aromatic N) is 2. The fourth-order valence-electron chi connectivity index (χ4n) is 1.94. The highest BCUT2D eigenvalue weighted by molar-refractivity contribution is 6.30. The van der Waals surface area contributed by atoms with E-state index in [1.165, 1.54) is 13.2 Å². The van der Waals surface area contributed by atoms with E-state index in [1.807, 2.05) is 0 Å². The highest BCUT2D eigenvalue weighted by Crippen LogP contribution is 2.21. The number of carbonyl (C=O) groups is 1. The van der Waals surface area contributed by atoms with E-state index in [1.54, 1.807) is 19.1 Å². The number of rotatable bonds is 3. The Kier molecular flexibility index (Phi) is 4.37. The van der Waals surface area contributed by atoms with Gasteiger partial charge in [0.05, 0.1) is 17.8 Å². The molecule has 110 valence electrons. The summed E-state index contributed by atoms with van der Waals surface area (Å²) < 4.78 is 18.5. The summed E-state index contributed by atoms with van der Waals surface area (Å²) >= 11 is 5.73. The highest BCUT2D eigenvalue weighted by Gasteiger charge is 2.18. The molecule has 0 aliphatic rings. The summed E-state index contributed by atoms with van der Waals surface area (Å²) in [7, 11) is 1.25. The van der Waals surface area contributed by atoms with Crippen molar-refractivity contribution in [2.75, 3.05) is 12.8 Å². The Hall–Kier alpha value is -2.21. The fourth-order valence-corrected chi connectivity index (χ4v) is 2.14. The average molecular weight is 310 g/mol. The Balaban J connectivity index is 2.38. The maximum Gasteiger partial charge on any atom is 0.343 e. The van der Waals surface area contributed by atoms with Gasteiger partial charge in [-0.1, -0.05) is 23.7 Å². The predicted octanol–water partition coefficient (Wildman–Crippen LogP) is 2.54. The molecule has 0 aliphatic carbocycles. The lowest BCUT2D eigenvalue weighted by molar-refractivity contribution is 0.0600. The first-order chi connectivity index (χ1) is 9.93. The van der Waals surface area contributed by atoms with Gasteiger partial charge in [0.1, 0.15) is 23.0 Å². The minimum atomic E-state index is -0.606. The Morgan fingerprint density at radius 3 is 2.76 bits per heavy atom. The van der Waals surface area contributed by atoms with Gasteiger partial charge >= 0.3 is 5.97 Å². The summed E-state index contributed by atoms with van der Waals surface area (Å²) in [4.78, 5) is 19.8. The van der Waals surface area contributed by atoms with Crippen molar-refractivity contribution in [3.8, 4) is 0 Å². The van der Waals surface area contributed by atoms with Crippen molar-refractivity contribution in [1.82, 2.24) is 9.97 Å². The summed E-state index contributed by atoms with van der Waals surface area (Å²) in [5, 5.41) is 0.0309. The number of anilines is 1. The molecule has 0 spiro atoms. The normalized spacial score (nSPS) is 10.5. The number of benzene rings is 1. The summed E-state index contributed by atoms with van der Waals surface area (Å²) in [5.41, 5.74) is 6.60. The van der Waals surface area contributed by atoms with Crippen LogP contribution in [0.4, 0.5) is 10.2 Å². The second kappa shape index (κ2) is 6.05. The van der Waals surface area contributed by atoms with Gasteiger partial charge in [-0.25, -0.2) is 19.2 Å². The highest BCUT2D eigenvalue weighted by atomic mass is 35.5. The third kappa shape index (κ3) is 3.11. The topological polar surface area (TPSA) is 78.1 Å². The van der Waals surface area contributed by atoms with Gasteiger partial charge in [0.15, 0.2) is 0 Å². The second-order valence-electron chi connectivity index (χ2n) is 4.37. The molecule has 0 atom stereocenters. The van der Waals surface area contributed by atoms with Gasteiger partial charge in [-0.15, -0.1) is 0 Å². The van der Waals surface area contributed by atoms with Crippen molar-refractivity contribution < 1.29 is 13.9 Å². The Morgan fingerprint density at radius 2 is 2.14 bits per heavy atom. The second-order valence-corrected chi connectivity index (χ2v) is 4.77. The quantitative estimate of drug-likeness (QED) is 0.882. The predicted molar refractivity (Wildman–Crippen MR) is 76.7 cm³/mol. The number of esters is 1. The van der Waals surface area contributed by atoms with E-state index < -0.39 is 11.8 Å². The molecular weight excluding hydrogens is 297 g/mol. The Morgan fingerprint density at radius 1 is 1.43 bits per heavy atom. The first-order valence-corrected chi connectivity index (χ1v) is 6.46. The van der Waals surface area contributed by atoms with Crippen LogP contribution in [0, 0.1) is 12.7 Å². The number of nitrogen functional groups attached to an aromatic ring is 1. The van der Waals surface area contributed by atoms with Gasteiger partial charge < -0.3 is 10.5 Å². The molecule has 2 aromatic rings. The van der Waals surface area contributed by atoms with Crippen LogP contribution in [0.25, 0.3) is 0 Å². The maximum absolute atomic E-state index is 13.9. The SMILES string of the molecule is COC(=O)c1c(C)nc(Cc2cccc(Cl)c2F)nc1N. The molecule has 1 aromatic carbocycles. The van der Waals surface area contributed by atoms with Gasteiger partial charge in [0.25, 0.3) is 0 Å². The molecule has 0 bridgehead atoms. The molecule has 0 saturated carbocycles. The molecule has 7 heteroatoms. The van der Waals surface area contributed by atoms with E-state index in [0.717, 1.165) is 0 Å². The van der Waals surface area contributed by atoms with Crippen LogP contribution in [0.2, 0.25) is 5.02 Å². The fraction of sp³-hybridized carbons (Fsp3) is 0.214. The van der Waals surface area contributed by atoms with Gasteiger partial charge in [0, 0.05) is 6.42 Å². The number of ether oxygens (including phenoxy) is 1. The summed E-state index contributed by atoms with van der Waals surface area (Å²) in [6, 6.07) is 4.69.